The zero-order valence-electron chi connectivity index (χ0n) is 14.8. The number of benzene rings is 1. The summed E-state index contributed by atoms with van der Waals surface area (Å²) < 4.78 is 18.5. The van der Waals surface area contributed by atoms with Crippen molar-refractivity contribution in [1.82, 2.24) is 15.5 Å². The van der Waals surface area contributed by atoms with Gasteiger partial charge in [-0.05, 0) is 38.1 Å². The van der Waals surface area contributed by atoms with Crippen molar-refractivity contribution in [3.05, 3.63) is 35.6 Å². The molecule has 0 saturated carbocycles. The van der Waals surface area contributed by atoms with Crippen LogP contribution in [-0.2, 0) is 9.53 Å². The van der Waals surface area contributed by atoms with Gasteiger partial charge in [0.1, 0.15) is 5.82 Å². The van der Waals surface area contributed by atoms with Crippen molar-refractivity contribution in [2.45, 2.75) is 32.4 Å². The molecule has 25 heavy (non-hydrogen) atoms. The topological polar surface area (TPSA) is 70.7 Å². The Morgan fingerprint density at radius 1 is 1.24 bits per heavy atom. The molecule has 138 valence electrons. The molecule has 0 aromatic heterocycles. The predicted octanol–water partition coefficient (Wildman–Crippen LogP) is 1.17. The molecule has 1 aliphatic heterocycles. The first-order chi connectivity index (χ1) is 12.0. The van der Waals surface area contributed by atoms with Crippen molar-refractivity contribution in [2.24, 2.45) is 0 Å². The van der Waals surface area contributed by atoms with E-state index in [0.717, 1.165) is 13.1 Å². The smallest absolute Gasteiger partial charge is 0.251 e. The van der Waals surface area contributed by atoms with E-state index >= 15 is 0 Å². The molecule has 0 aliphatic carbocycles. The third-order valence-corrected chi connectivity index (χ3v) is 4.15. The average molecular weight is 351 g/mol. The first-order valence-corrected chi connectivity index (χ1v) is 8.62. The molecular weight excluding hydrogens is 325 g/mol. The summed E-state index contributed by atoms with van der Waals surface area (Å²) in [6.45, 7) is 7.21. The Morgan fingerprint density at radius 2 is 1.92 bits per heavy atom. The Kier molecular flexibility index (Phi) is 7.33. The molecule has 1 aromatic carbocycles. The van der Waals surface area contributed by atoms with E-state index in [1.165, 1.54) is 24.3 Å². The lowest BCUT2D eigenvalue weighted by molar-refractivity contribution is -0.126. The molecule has 6 nitrogen and oxygen atoms in total. The summed E-state index contributed by atoms with van der Waals surface area (Å²) in [7, 11) is 0. The Bertz CT molecular complexity index is 577. The van der Waals surface area contributed by atoms with Crippen LogP contribution in [0.15, 0.2) is 24.3 Å². The van der Waals surface area contributed by atoms with Crippen LogP contribution in [0.5, 0.6) is 0 Å². The largest absolute Gasteiger partial charge is 0.375 e. The summed E-state index contributed by atoms with van der Waals surface area (Å²) in [5, 5.41) is 5.46. The van der Waals surface area contributed by atoms with E-state index in [-0.39, 0.29) is 23.7 Å². The second-order valence-corrected chi connectivity index (χ2v) is 6.40. The number of morpholine rings is 1. The van der Waals surface area contributed by atoms with E-state index in [4.69, 9.17) is 4.74 Å². The van der Waals surface area contributed by atoms with Gasteiger partial charge in [0.25, 0.3) is 5.91 Å². The summed E-state index contributed by atoms with van der Waals surface area (Å²) in [6.07, 6.45) is 0.222. The van der Waals surface area contributed by atoms with Gasteiger partial charge in [-0.1, -0.05) is 0 Å². The van der Waals surface area contributed by atoms with Crippen molar-refractivity contribution in [3.63, 3.8) is 0 Å². The molecule has 2 rings (SSSR count). The van der Waals surface area contributed by atoms with Gasteiger partial charge in [-0.25, -0.2) is 4.39 Å². The fourth-order valence-electron chi connectivity index (χ4n) is 2.69. The highest BCUT2D eigenvalue weighted by molar-refractivity contribution is 5.94. The summed E-state index contributed by atoms with van der Waals surface area (Å²) in [5.74, 6) is -0.770. The van der Waals surface area contributed by atoms with Gasteiger partial charge >= 0.3 is 0 Å². The summed E-state index contributed by atoms with van der Waals surface area (Å²) in [6, 6.07) is 5.76. The van der Waals surface area contributed by atoms with Gasteiger partial charge in [-0.3, -0.25) is 14.5 Å². The van der Waals surface area contributed by atoms with Gasteiger partial charge in [0.15, 0.2) is 0 Å². The molecule has 1 atom stereocenters. The van der Waals surface area contributed by atoms with E-state index in [1.54, 1.807) is 0 Å². The lowest BCUT2D eigenvalue weighted by Crippen LogP contribution is -2.47. The highest BCUT2D eigenvalue weighted by atomic mass is 19.1. The minimum absolute atomic E-state index is 0.0911. The van der Waals surface area contributed by atoms with E-state index in [1.807, 2.05) is 0 Å². The third kappa shape index (κ3) is 6.43. The average Bonchev–Trinajstić information content (AvgIpc) is 2.59. The van der Waals surface area contributed by atoms with Crippen LogP contribution in [0.2, 0.25) is 0 Å². The van der Waals surface area contributed by atoms with Crippen LogP contribution in [-0.4, -0.2) is 61.6 Å². The van der Waals surface area contributed by atoms with E-state index in [0.29, 0.717) is 37.7 Å². The van der Waals surface area contributed by atoms with Gasteiger partial charge in [0.2, 0.25) is 5.91 Å². The van der Waals surface area contributed by atoms with E-state index < -0.39 is 0 Å². The zero-order valence-corrected chi connectivity index (χ0v) is 14.8. The summed E-state index contributed by atoms with van der Waals surface area (Å²) >= 11 is 0. The molecule has 0 spiro atoms. The quantitative estimate of drug-likeness (QED) is 0.724. The maximum Gasteiger partial charge on any atom is 0.251 e. The molecule has 0 radical (unpaired) electrons. The summed E-state index contributed by atoms with van der Waals surface area (Å²) in [5.41, 5.74) is 0.386. The fraction of sp³-hybridized carbons (Fsp3) is 0.556. The Morgan fingerprint density at radius 3 is 2.60 bits per heavy atom. The van der Waals surface area contributed by atoms with Crippen molar-refractivity contribution in [1.29, 1.82) is 0 Å². The van der Waals surface area contributed by atoms with Gasteiger partial charge in [0, 0.05) is 37.8 Å². The Labute approximate surface area is 147 Å². The fourth-order valence-corrected chi connectivity index (χ4v) is 2.69. The normalized spacial score (nSPS) is 18.2. The number of halogens is 1. The number of hydrogen-bond acceptors (Lipinski definition) is 4. The monoisotopic (exact) mass is 351 g/mol. The number of amides is 2. The first-order valence-electron chi connectivity index (χ1n) is 8.62. The van der Waals surface area contributed by atoms with Crippen molar-refractivity contribution in [2.75, 3.05) is 32.8 Å². The molecule has 1 aliphatic rings. The first kappa shape index (κ1) is 19.3. The summed E-state index contributed by atoms with van der Waals surface area (Å²) in [4.78, 5) is 26.1. The Hall–Kier alpha value is -1.99. The second-order valence-electron chi connectivity index (χ2n) is 6.40. The lowest BCUT2D eigenvalue weighted by Gasteiger charge is -2.35. The molecule has 1 aromatic rings. The van der Waals surface area contributed by atoms with Crippen LogP contribution in [0.1, 0.15) is 30.6 Å². The molecule has 0 bridgehead atoms. The number of rotatable bonds is 7. The molecule has 2 N–H and O–H groups in total. The predicted molar refractivity (Wildman–Crippen MR) is 92.8 cm³/mol. The molecule has 0 unspecified atom stereocenters. The van der Waals surface area contributed by atoms with Crippen LogP contribution in [0.3, 0.4) is 0 Å². The number of hydrogen-bond donors (Lipinski definition) is 2. The van der Waals surface area contributed by atoms with Gasteiger partial charge in [-0.2, -0.15) is 0 Å². The lowest BCUT2D eigenvalue weighted by atomic mass is 10.1. The van der Waals surface area contributed by atoms with Crippen molar-refractivity contribution in [3.8, 4) is 0 Å². The SMILES string of the molecule is CC(C)N1CCO[C@H](CC(=O)NCCNC(=O)c2ccc(F)cc2)C1. The van der Waals surface area contributed by atoms with Crippen LogP contribution in [0, 0.1) is 5.82 Å². The Balaban J connectivity index is 1.63. The maximum atomic E-state index is 12.8. The zero-order chi connectivity index (χ0) is 18.2. The molecule has 1 saturated heterocycles. The van der Waals surface area contributed by atoms with E-state index in [9.17, 15) is 14.0 Å². The van der Waals surface area contributed by atoms with Crippen LogP contribution in [0.25, 0.3) is 0 Å². The number of ether oxygens (including phenoxy) is 1. The van der Waals surface area contributed by atoms with Gasteiger partial charge in [0.05, 0.1) is 19.1 Å². The number of carbonyl (C=O) groups excluding carboxylic acids is 2. The number of nitrogens with zero attached hydrogens (tertiary/aromatic N) is 1. The number of carbonyl (C=O) groups is 2. The molecule has 1 heterocycles. The van der Waals surface area contributed by atoms with Crippen LogP contribution >= 0.6 is 0 Å². The minimum Gasteiger partial charge on any atom is -0.375 e. The highest BCUT2D eigenvalue weighted by Crippen LogP contribution is 2.11. The van der Waals surface area contributed by atoms with Crippen molar-refractivity contribution >= 4 is 11.8 Å². The minimum atomic E-state index is -0.384. The second kappa shape index (κ2) is 9.48. The maximum absolute atomic E-state index is 12.8. The van der Waals surface area contributed by atoms with Gasteiger partial charge in [-0.15, -0.1) is 0 Å². The molecule has 1 fully saturated rings. The van der Waals surface area contributed by atoms with Crippen LogP contribution in [0.4, 0.5) is 4.39 Å². The molecule has 7 heteroatoms. The highest BCUT2D eigenvalue weighted by Gasteiger charge is 2.24. The third-order valence-electron chi connectivity index (χ3n) is 4.15. The number of nitrogens with one attached hydrogen (secondary N) is 2. The van der Waals surface area contributed by atoms with Gasteiger partial charge < -0.3 is 15.4 Å². The van der Waals surface area contributed by atoms with Crippen molar-refractivity contribution < 1.29 is 18.7 Å². The molecular formula is C18H26FN3O3. The van der Waals surface area contributed by atoms with Crippen LogP contribution < -0.4 is 10.6 Å². The van der Waals surface area contributed by atoms with E-state index in [2.05, 4.69) is 29.4 Å². The standard InChI is InChI=1S/C18H26FN3O3/c1-13(2)22-9-10-25-16(12-22)11-17(23)20-7-8-21-18(24)14-3-5-15(19)6-4-14/h3-6,13,16H,7-12H2,1-2H3,(H,20,23)(H,21,24)/t16-/m1/s1. The molecule has 2 amide bonds.